The second-order valence-corrected chi connectivity index (χ2v) is 7.89. The van der Waals surface area contributed by atoms with E-state index < -0.39 is 17.6 Å². The number of ether oxygens (including phenoxy) is 1. The molecule has 4 N–H and O–H groups in total. The number of hydrogen-bond acceptors (Lipinski definition) is 7. The molecule has 0 aliphatic carbocycles. The summed E-state index contributed by atoms with van der Waals surface area (Å²) in [5.41, 5.74) is 2.82. The van der Waals surface area contributed by atoms with E-state index in [-0.39, 0.29) is 52.9 Å². The van der Waals surface area contributed by atoms with E-state index in [0.717, 1.165) is 0 Å². The minimum Gasteiger partial charge on any atom is -0.494 e. The molecule has 0 bridgehead atoms. The van der Waals surface area contributed by atoms with Gasteiger partial charge in [-0.05, 0) is 19.1 Å². The van der Waals surface area contributed by atoms with E-state index in [1.54, 1.807) is 29.2 Å². The molecule has 4 rings (SSSR count). The minimum absolute atomic E-state index is 0.0357. The van der Waals surface area contributed by atoms with Crippen molar-refractivity contribution in [2.24, 2.45) is 5.84 Å². The number of amides is 3. The first kappa shape index (κ1) is 22.9. The zero-order chi connectivity index (χ0) is 24.4. The standard InChI is InChI=1S/C23H24N6O5/c1-13-12-28(8-9-29(13)22(32)14-6-4-3-5-7-14)23(33)20(30)15-10-25-18-17(15)16(34-2)11-26-19(18)21(31)27-24/h3-7,10-11,13,25H,8-9,12,24H2,1-2H3,(H,27,31). The van der Waals surface area contributed by atoms with Crippen molar-refractivity contribution in [3.8, 4) is 5.75 Å². The van der Waals surface area contributed by atoms with Crippen LogP contribution < -0.4 is 16.0 Å². The topological polar surface area (TPSA) is 151 Å². The lowest BCUT2D eigenvalue weighted by Crippen LogP contribution is -2.56. The quantitative estimate of drug-likeness (QED) is 0.166. The number of Topliss-reactive ketones (excluding diaryl/α,β-unsaturated/α-hetero) is 1. The van der Waals surface area contributed by atoms with E-state index in [1.165, 1.54) is 24.4 Å². The Morgan fingerprint density at radius 2 is 1.91 bits per heavy atom. The van der Waals surface area contributed by atoms with E-state index in [4.69, 9.17) is 10.6 Å². The molecular formula is C23H24N6O5. The van der Waals surface area contributed by atoms with Gasteiger partial charge in [0.2, 0.25) is 0 Å². The van der Waals surface area contributed by atoms with Gasteiger partial charge in [0.25, 0.3) is 23.5 Å². The van der Waals surface area contributed by atoms with Crippen molar-refractivity contribution in [1.82, 2.24) is 25.2 Å². The largest absolute Gasteiger partial charge is 0.494 e. The van der Waals surface area contributed by atoms with Gasteiger partial charge in [-0.15, -0.1) is 0 Å². The summed E-state index contributed by atoms with van der Waals surface area (Å²) in [6.07, 6.45) is 2.64. The highest BCUT2D eigenvalue weighted by atomic mass is 16.5. The molecule has 3 amide bonds. The number of nitrogen functional groups attached to an aromatic ring is 1. The number of piperazine rings is 1. The van der Waals surface area contributed by atoms with Crippen molar-refractivity contribution in [1.29, 1.82) is 0 Å². The fourth-order valence-corrected chi connectivity index (χ4v) is 4.14. The monoisotopic (exact) mass is 464 g/mol. The van der Waals surface area contributed by atoms with Crippen molar-refractivity contribution in [3.05, 3.63) is 59.5 Å². The Bertz CT molecular complexity index is 1270. The van der Waals surface area contributed by atoms with Crippen LogP contribution in [0, 0.1) is 0 Å². The fourth-order valence-electron chi connectivity index (χ4n) is 4.14. The summed E-state index contributed by atoms with van der Waals surface area (Å²) in [7, 11) is 1.40. The first-order valence-corrected chi connectivity index (χ1v) is 10.6. The number of methoxy groups -OCH3 is 1. The summed E-state index contributed by atoms with van der Waals surface area (Å²) in [6.45, 7) is 2.57. The number of nitrogens with two attached hydrogens (primary N) is 1. The molecule has 3 heterocycles. The number of benzene rings is 1. The Hall–Kier alpha value is -4.25. The van der Waals surface area contributed by atoms with Crippen LogP contribution in [0.4, 0.5) is 0 Å². The minimum atomic E-state index is -0.759. The zero-order valence-corrected chi connectivity index (χ0v) is 18.7. The fraction of sp³-hybridized carbons (Fsp3) is 0.261. The predicted octanol–water partition coefficient (Wildman–Crippen LogP) is 0.731. The van der Waals surface area contributed by atoms with Crippen molar-refractivity contribution < 1.29 is 23.9 Å². The summed E-state index contributed by atoms with van der Waals surface area (Å²) in [5, 5.41) is 0.264. The smallest absolute Gasteiger partial charge is 0.295 e. The molecule has 2 aromatic heterocycles. The summed E-state index contributed by atoms with van der Waals surface area (Å²) < 4.78 is 5.30. The Morgan fingerprint density at radius 1 is 1.18 bits per heavy atom. The van der Waals surface area contributed by atoms with Crippen molar-refractivity contribution >= 4 is 34.4 Å². The molecular weight excluding hydrogens is 440 g/mol. The lowest BCUT2D eigenvalue weighted by Gasteiger charge is -2.39. The molecule has 1 saturated heterocycles. The molecule has 1 aliphatic rings. The highest BCUT2D eigenvalue weighted by Gasteiger charge is 2.34. The summed E-state index contributed by atoms with van der Waals surface area (Å²) in [5.74, 6) is 3.21. The number of hydrazine groups is 1. The number of H-pyrrole nitrogens is 1. The van der Waals surface area contributed by atoms with Crippen LogP contribution in [0.5, 0.6) is 5.75 Å². The molecule has 0 spiro atoms. The number of nitrogens with zero attached hydrogens (tertiary/aromatic N) is 3. The van der Waals surface area contributed by atoms with Crippen LogP contribution >= 0.6 is 0 Å². The van der Waals surface area contributed by atoms with Gasteiger partial charge in [-0.3, -0.25) is 24.6 Å². The number of aromatic nitrogens is 2. The lowest BCUT2D eigenvalue weighted by atomic mass is 10.1. The molecule has 176 valence electrons. The molecule has 1 aromatic carbocycles. The molecule has 34 heavy (non-hydrogen) atoms. The van der Waals surface area contributed by atoms with Crippen LogP contribution in [0.15, 0.2) is 42.7 Å². The number of rotatable bonds is 5. The molecule has 0 radical (unpaired) electrons. The maximum atomic E-state index is 13.2. The van der Waals surface area contributed by atoms with Crippen molar-refractivity contribution in [2.75, 3.05) is 26.7 Å². The van der Waals surface area contributed by atoms with Crippen LogP contribution in [0.2, 0.25) is 0 Å². The lowest BCUT2D eigenvalue weighted by molar-refractivity contribution is -0.128. The first-order valence-electron chi connectivity index (χ1n) is 10.6. The number of pyridine rings is 1. The van der Waals surface area contributed by atoms with Gasteiger partial charge in [-0.1, -0.05) is 18.2 Å². The third kappa shape index (κ3) is 3.97. The molecule has 1 atom stereocenters. The second kappa shape index (κ2) is 9.32. The predicted molar refractivity (Wildman–Crippen MR) is 122 cm³/mol. The van der Waals surface area contributed by atoms with Crippen LogP contribution in [0.1, 0.15) is 38.1 Å². The summed E-state index contributed by atoms with van der Waals surface area (Å²) in [4.78, 5) is 61.2. The highest BCUT2D eigenvalue weighted by molar-refractivity contribution is 6.45. The average Bonchev–Trinajstić information content (AvgIpc) is 3.32. The average molecular weight is 464 g/mol. The molecule has 1 unspecified atom stereocenters. The molecule has 11 heteroatoms. The van der Waals surface area contributed by atoms with E-state index in [9.17, 15) is 19.2 Å². The highest BCUT2D eigenvalue weighted by Crippen LogP contribution is 2.30. The normalized spacial score (nSPS) is 15.8. The van der Waals surface area contributed by atoms with Gasteiger partial charge < -0.3 is 19.5 Å². The molecule has 1 aliphatic heterocycles. The molecule has 3 aromatic rings. The van der Waals surface area contributed by atoms with Gasteiger partial charge in [0.15, 0.2) is 5.69 Å². The number of nitrogens with one attached hydrogen (secondary N) is 2. The number of aromatic amines is 1. The number of carbonyl (C=O) groups is 4. The Morgan fingerprint density at radius 3 is 2.56 bits per heavy atom. The van der Waals surface area contributed by atoms with E-state index in [1.807, 2.05) is 18.4 Å². The van der Waals surface area contributed by atoms with Crippen molar-refractivity contribution in [2.45, 2.75) is 13.0 Å². The zero-order valence-electron chi connectivity index (χ0n) is 18.7. The van der Waals surface area contributed by atoms with Crippen LogP contribution in [-0.4, -0.2) is 76.1 Å². The maximum absolute atomic E-state index is 13.2. The molecule has 1 fully saturated rings. The second-order valence-electron chi connectivity index (χ2n) is 7.89. The van der Waals surface area contributed by atoms with Gasteiger partial charge in [0.05, 0.1) is 29.8 Å². The SMILES string of the molecule is COc1cnc(C(=O)NN)c2[nH]cc(C(=O)C(=O)N3CCN(C(=O)c4ccccc4)C(C)C3)c12. The number of carbonyl (C=O) groups excluding carboxylic acids is 4. The van der Waals surface area contributed by atoms with Crippen molar-refractivity contribution in [3.63, 3.8) is 0 Å². The van der Waals surface area contributed by atoms with Gasteiger partial charge in [-0.25, -0.2) is 10.8 Å². The number of fused-ring (bicyclic) bond motifs is 1. The van der Waals surface area contributed by atoms with Crippen LogP contribution in [-0.2, 0) is 4.79 Å². The third-order valence-corrected chi connectivity index (χ3v) is 5.88. The Kier molecular flexibility index (Phi) is 6.28. The molecule has 0 saturated carbocycles. The summed E-state index contributed by atoms with van der Waals surface area (Å²) in [6, 6.07) is 8.64. The van der Waals surface area contributed by atoms with E-state index >= 15 is 0 Å². The van der Waals surface area contributed by atoms with Gasteiger partial charge in [0, 0.05) is 37.4 Å². The van der Waals surface area contributed by atoms with E-state index in [0.29, 0.717) is 12.1 Å². The number of ketones is 1. The van der Waals surface area contributed by atoms with E-state index in [2.05, 4.69) is 9.97 Å². The first-order chi connectivity index (χ1) is 16.4. The molecule has 11 nitrogen and oxygen atoms in total. The van der Waals surface area contributed by atoms with Gasteiger partial charge in [-0.2, -0.15) is 0 Å². The maximum Gasteiger partial charge on any atom is 0.295 e. The van der Waals surface area contributed by atoms with Crippen LogP contribution in [0.25, 0.3) is 10.9 Å². The number of hydrogen-bond donors (Lipinski definition) is 3. The van der Waals surface area contributed by atoms with Gasteiger partial charge in [0.1, 0.15) is 5.75 Å². The van der Waals surface area contributed by atoms with Crippen LogP contribution in [0.3, 0.4) is 0 Å². The van der Waals surface area contributed by atoms with Gasteiger partial charge >= 0.3 is 0 Å². The Balaban J connectivity index is 1.56. The summed E-state index contributed by atoms with van der Waals surface area (Å²) >= 11 is 0. The third-order valence-electron chi connectivity index (χ3n) is 5.88. The Labute approximate surface area is 194 Å².